The third-order valence-corrected chi connectivity index (χ3v) is 4.88. The van der Waals surface area contributed by atoms with Crippen molar-refractivity contribution >= 4 is 46.1 Å². The van der Waals surface area contributed by atoms with Crippen molar-refractivity contribution in [1.29, 1.82) is 0 Å². The van der Waals surface area contributed by atoms with E-state index < -0.39 is 0 Å². The van der Waals surface area contributed by atoms with Crippen LogP contribution in [0.1, 0.15) is 11.1 Å². The first-order valence-corrected chi connectivity index (χ1v) is 9.16. The zero-order valence-electron chi connectivity index (χ0n) is 14.0. The van der Waals surface area contributed by atoms with Crippen molar-refractivity contribution in [3.05, 3.63) is 106 Å². The fourth-order valence-corrected chi connectivity index (χ4v) is 3.21. The smallest absolute Gasteiger partial charge is 0.0406 e. The Morgan fingerprint density at radius 3 is 1.69 bits per heavy atom. The topological polar surface area (TPSA) is 0 Å². The standard InChI is InChI=1S/C24H16Cl2/c25-23-11-4-17(5-12-23)1-2-18-3-6-22-16-21(8-7-20(22)15-18)19-9-13-24(26)14-10-19/h1-16H. The van der Waals surface area contributed by atoms with Gasteiger partial charge in [0.25, 0.3) is 0 Å². The van der Waals surface area contributed by atoms with Crippen LogP contribution in [0.5, 0.6) is 0 Å². The van der Waals surface area contributed by atoms with E-state index in [0.717, 1.165) is 15.6 Å². The van der Waals surface area contributed by atoms with E-state index in [1.807, 2.05) is 48.5 Å². The van der Waals surface area contributed by atoms with Crippen molar-refractivity contribution in [2.45, 2.75) is 0 Å². The van der Waals surface area contributed by atoms with E-state index in [9.17, 15) is 0 Å². The van der Waals surface area contributed by atoms with Crippen LogP contribution in [0.25, 0.3) is 34.1 Å². The molecule has 4 aromatic carbocycles. The first-order valence-electron chi connectivity index (χ1n) is 8.41. The molecule has 0 fully saturated rings. The highest BCUT2D eigenvalue weighted by molar-refractivity contribution is 6.30. The van der Waals surface area contributed by atoms with Crippen molar-refractivity contribution in [2.75, 3.05) is 0 Å². The van der Waals surface area contributed by atoms with Gasteiger partial charge in [-0.2, -0.15) is 0 Å². The number of rotatable bonds is 3. The number of halogens is 2. The summed E-state index contributed by atoms with van der Waals surface area (Å²) in [4.78, 5) is 0. The molecule has 126 valence electrons. The molecule has 0 aliphatic rings. The van der Waals surface area contributed by atoms with Crippen molar-refractivity contribution in [1.82, 2.24) is 0 Å². The molecule has 4 aromatic rings. The van der Waals surface area contributed by atoms with Crippen LogP contribution in [0.2, 0.25) is 10.0 Å². The third-order valence-electron chi connectivity index (χ3n) is 4.38. The minimum Gasteiger partial charge on any atom is -0.0843 e. The lowest BCUT2D eigenvalue weighted by atomic mass is 10.00. The maximum Gasteiger partial charge on any atom is 0.0406 e. The normalized spacial score (nSPS) is 11.3. The molecule has 0 N–H and O–H groups in total. The van der Waals surface area contributed by atoms with Gasteiger partial charge in [0.2, 0.25) is 0 Å². The van der Waals surface area contributed by atoms with E-state index in [4.69, 9.17) is 23.2 Å². The van der Waals surface area contributed by atoms with Crippen molar-refractivity contribution in [3.63, 3.8) is 0 Å². The second kappa shape index (κ2) is 7.37. The number of hydrogen-bond donors (Lipinski definition) is 0. The van der Waals surface area contributed by atoms with E-state index in [1.54, 1.807) is 0 Å². The minimum absolute atomic E-state index is 0.754. The molecule has 26 heavy (non-hydrogen) atoms. The lowest BCUT2D eigenvalue weighted by Gasteiger charge is -2.05. The molecule has 0 amide bonds. The molecule has 0 nitrogen and oxygen atoms in total. The molecular formula is C24H16Cl2. The molecular weight excluding hydrogens is 359 g/mol. The van der Waals surface area contributed by atoms with Crippen LogP contribution in [-0.4, -0.2) is 0 Å². The summed E-state index contributed by atoms with van der Waals surface area (Å²) >= 11 is 11.9. The Balaban J connectivity index is 1.62. The SMILES string of the molecule is Clc1ccc(C=Cc2ccc3cc(-c4ccc(Cl)cc4)ccc3c2)cc1. The Bertz CT molecular complexity index is 1080. The van der Waals surface area contributed by atoms with Crippen LogP contribution in [0.3, 0.4) is 0 Å². The highest BCUT2D eigenvalue weighted by atomic mass is 35.5. The fourth-order valence-electron chi connectivity index (χ4n) is 2.96. The second-order valence-electron chi connectivity index (χ2n) is 6.21. The Labute approximate surface area is 163 Å². The minimum atomic E-state index is 0.754. The maximum absolute atomic E-state index is 5.98. The molecule has 0 spiro atoms. The number of fused-ring (bicyclic) bond motifs is 1. The van der Waals surface area contributed by atoms with Gasteiger partial charge in [-0.05, 0) is 69.4 Å². The third kappa shape index (κ3) is 3.83. The summed E-state index contributed by atoms with van der Waals surface area (Å²) in [5.74, 6) is 0. The van der Waals surface area contributed by atoms with E-state index >= 15 is 0 Å². The quantitative estimate of drug-likeness (QED) is 0.318. The molecule has 0 bridgehead atoms. The van der Waals surface area contributed by atoms with Crippen LogP contribution in [0, 0.1) is 0 Å². The summed E-state index contributed by atoms with van der Waals surface area (Å²) in [6.07, 6.45) is 4.22. The highest BCUT2D eigenvalue weighted by Crippen LogP contribution is 2.26. The van der Waals surface area contributed by atoms with Gasteiger partial charge in [-0.15, -0.1) is 0 Å². The summed E-state index contributed by atoms with van der Waals surface area (Å²) in [5, 5.41) is 3.96. The average molecular weight is 375 g/mol. The van der Waals surface area contributed by atoms with Gasteiger partial charge in [0, 0.05) is 10.0 Å². The summed E-state index contributed by atoms with van der Waals surface area (Å²) in [5.41, 5.74) is 4.67. The predicted molar refractivity (Wildman–Crippen MR) is 115 cm³/mol. The lowest BCUT2D eigenvalue weighted by molar-refractivity contribution is 1.63. The Hall–Kier alpha value is -2.54. The molecule has 0 saturated carbocycles. The van der Waals surface area contributed by atoms with Crippen LogP contribution in [0.4, 0.5) is 0 Å². The monoisotopic (exact) mass is 374 g/mol. The Kier molecular flexibility index (Phi) is 4.79. The molecule has 2 heteroatoms. The van der Waals surface area contributed by atoms with E-state index in [1.165, 1.54) is 27.5 Å². The second-order valence-corrected chi connectivity index (χ2v) is 7.09. The number of benzene rings is 4. The summed E-state index contributed by atoms with van der Waals surface area (Å²) < 4.78 is 0. The highest BCUT2D eigenvalue weighted by Gasteiger charge is 2.01. The molecule has 0 unspecified atom stereocenters. The summed E-state index contributed by atoms with van der Waals surface area (Å²) in [7, 11) is 0. The van der Waals surface area contributed by atoms with Crippen molar-refractivity contribution in [3.8, 4) is 11.1 Å². The Morgan fingerprint density at radius 1 is 0.462 bits per heavy atom. The van der Waals surface area contributed by atoms with E-state index in [-0.39, 0.29) is 0 Å². The van der Waals surface area contributed by atoms with Gasteiger partial charge in [-0.1, -0.05) is 83.9 Å². The van der Waals surface area contributed by atoms with Gasteiger partial charge in [0.05, 0.1) is 0 Å². The maximum atomic E-state index is 5.98. The van der Waals surface area contributed by atoms with Gasteiger partial charge < -0.3 is 0 Å². The predicted octanol–water partition coefficient (Wildman–Crippen LogP) is 7.98. The zero-order valence-corrected chi connectivity index (χ0v) is 15.5. The van der Waals surface area contributed by atoms with Gasteiger partial charge in [0.15, 0.2) is 0 Å². The first-order chi connectivity index (χ1) is 12.7. The van der Waals surface area contributed by atoms with Gasteiger partial charge in [-0.25, -0.2) is 0 Å². The van der Waals surface area contributed by atoms with Gasteiger partial charge >= 0.3 is 0 Å². The van der Waals surface area contributed by atoms with Crippen molar-refractivity contribution < 1.29 is 0 Å². The van der Waals surface area contributed by atoms with Gasteiger partial charge in [-0.3, -0.25) is 0 Å². The molecule has 0 heterocycles. The average Bonchev–Trinajstić information content (AvgIpc) is 2.67. The first kappa shape index (κ1) is 16.9. The largest absolute Gasteiger partial charge is 0.0843 e. The number of hydrogen-bond acceptors (Lipinski definition) is 0. The summed E-state index contributed by atoms with van der Waals surface area (Å²) in [6.45, 7) is 0. The Morgan fingerprint density at radius 2 is 0.962 bits per heavy atom. The van der Waals surface area contributed by atoms with Crippen LogP contribution < -0.4 is 0 Å². The lowest BCUT2D eigenvalue weighted by Crippen LogP contribution is -1.80. The molecule has 0 aliphatic carbocycles. The zero-order chi connectivity index (χ0) is 17.9. The molecule has 0 aromatic heterocycles. The van der Waals surface area contributed by atoms with E-state index in [0.29, 0.717) is 0 Å². The molecule has 4 rings (SSSR count). The summed E-state index contributed by atoms with van der Waals surface area (Å²) in [6, 6.07) is 28.8. The molecule has 0 saturated heterocycles. The van der Waals surface area contributed by atoms with Crippen LogP contribution >= 0.6 is 23.2 Å². The molecule has 0 radical (unpaired) electrons. The van der Waals surface area contributed by atoms with Gasteiger partial charge in [0.1, 0.15) is 0 Å². The molecule has 0 atom stereocenters. The fraction of sp³-hybridized carbons (Fsp3) is 0. The molecule has 0 aliphatic heterocycles. The van der Waals surface area contributed by atoms with Crippen LogP contribution in [0.15, 0.2) is 84.9 Å². The van der Waals surface area contributed by atoms with Crippen molar-refractivity contribution in [2.24, 2.45) is 0 Å². The van der Waals surface area contributed by atoms with Crippen LogP contribution in [-0.2, 0) is 0 Å². The van der Waals surface area contributed by atoms with E-state index in [2.05, 4.69) is 48.6 Å².